The average molecular weight is 288 g/mol. The molecule has 0 saturated carbocycles. The lowest BCUT2D eigenvalue weighted by Gasteiger charge is -2.24. The number of nitriles is 1. The van der Waals surface area contributed by atoms with E-state index < -0.39 is 5.54 Å². The molecule has 1 aromatic rings. The Bertz CT molecular complexity index is 484. The van der Waals surface area contributed by atoms with Crippen LogP contribution in [0.25, 0.3) is 0 Å². The van der Waals surface area contributed by atoms with Crippen LogP contribution in [0.2, 0.25) is 0 Å². The average Bonchev–Trinajstić information content (AvgIpc) is 2.49. The summed E-state index contributed by atoms with van der Waals surface area (Å²) in [7, 11) is 1.85. The lowest BCUT2D eigenvalue weighted by atomic mass is 9.92. The van der Waals surface area contributed by atoms with E-state index >= 15 is 0 Å². The summed E-state index contributed by atoms with van der Waals surface area (Å²) in [4.78, 5) is 0. The molecule has 3 heteroatoms. The van der Waals surface area contributed by atoms with Gasteiger partial charge in [0.2, 0.25) is 0 Å². The lowest BCUT2D eigenvalue weighted by molar-refractivity contribution is 0.279. The van der Waals surface area contributed by atoms with E-state index in [1.807, 2.05) is 14.0 Å². The summed E-state index contributed by atoms with van der Waals surface area (Å²) in [6.45, 7) is 9.12. The van der Waals surface area contributed by atoms with Crippen molar-refractivity contribution in [2.24, 2.45) is 0 Å². The van der Waals surface area contributed by atoms with Crippen molar-refractivity contribution >= 4 is 0 Å². The molecular formula is C18H28N2O. The minimum absolute atomic E-state index is 0.418. The molecule has 0 fully saturated rings. The second-order valence-electron chi connectivity index (χ2n) is 5.93. The molecule has 0 saturated heterocycles. The van der Waals surface area contributed by atoms with E-state index in [2.05, 4.69) is 50.4 Å². The molecule has 1 atom stereocenters. The highest BCUT2D eigenvalue weighted by Gasteiger charge is 2.24. The lowest BCUT2D eigenvalue weighted by Crippen LogP contribution is -2.41. The van der Waals surface area contributed by atoms with Gasteiger partial charge in [0.1, 0.15) is 11.3 Å². The summed E-state index contributed by atoms with van der Waals surface area (Å²) in [6.07, 6.45) is 2.48. The van der Waals surface area contributed by atoms with E-state index in [1.54, 1.807) is 0 Å². The number of ether oxygens (including phenoxy) is 1. The highest BCUT2D eigenvalue weighted by atomic mass is 16.5. The Morgan fingerprint density at radius 1 is 1.38 bits per heavy atom. The Kier molecular flexibility index (Phi) is 6.71. The van der Waals surface area contributed by atoms with Gasteiger partial charge in [-0.1, -0.05) is 32.9 Å². The maximum atomic E-state index is 9.28. The zero-order valence-electron chi connectivity index (χ0n) is 14.0. The normalized spacial score (nSPS) is 13.8. The van der Waals surface area contributed by atoms with Crippen molar-refractivity contribution in [3.8, 4) is 11.8 Å². The highest BCUT2D eigenvalue weighted by molar-refractivity contribution is 5.37. The molecule has 0 bridgehead atoms. The molecule has 1 aromatic carbocycles. The maximum Gasteiger partial charge on any atom is 0.122 e. The summed E-state index contributed by atoms with van der Waals surface area (Å²) >= 11 is 0. The fraction of sp³-hybridized carbons (Fsp3) is 0.611. The first-order valence-corrected chi connectivity index (χ1v) is 7.81. The number of nitrogens with one attached hydrogen (secondary N) is 1. The van der Waals surface area contributed by atoms with Crippen LogP contribution < -0.4 is 10.1 Å². The molecule has 21 heavy (non-hydrogen) atoms. The van der Waals surface area contributed by atoms with Crippen LogP contribution in [0.4, 0.5) is 0 Å². The molecule has 0 amide bonds. The number of hydrogen-bond acceptors (Lipinski definition) is 3. The van der Waals surface area contributed by atoms with E-state index in [4.69, 9.17) is 4.74 Å². The van der Waals surface area contributed by atoms with Crippen LogP contribution in [0, 0.1) is 18.3 Å². The van der Waals surface area contributed by atoms with Gasteiger partial charge in [0, 0.05) is 0 Å². The minimum atomic E-state index is -0.418. The van der Waals surface area contributed by atoms with Gasteiger partial charge >= 0.3 is 0 Å². The SMILES string of the molecule is CCC(C#N)(CCCOc1cc(C(C)C)ccc1C)NC. The van der Waals surface area contributed by atoms with Gasteiger partial charge in [-0.25, -0.2) is 0 Å². The van der Waals surface area contributed by atoms with E-state index in [0.717, 1.165) is 30.6 Å². The summed E-state index contributed by atoms with van der Waals surface area (Å²) in [5, 5.41) is 12.4. The number of rotatable bonds is 8. The Morgan fingerprint density at radius 2 is 2.10 bits per heavy atom. The van der Waals surface area contributed by atoms with Crippen molar-refractivity contribution in [3.63, 3.8) is 0 Å². The van der Waals surface area contributed by atoms with Gasteiger partial charge in [-0.2, -0.15) is 5.26 Å². The first-order chi connectivity index (χ1) is 9.98. The third-order valence-corrected chi connectivity index (χ3v) is 4.18. The number of nitrogens with zero attached hydrogens (tertiary/aromatic N) is 1. The van der Waals surface area contributed by atoms with Crippen LogP contribution in [0.1, 0.15) is 57.1 Å². The summed E-state index contributed by atoms with van der Waals surface area (Å²) in [5.41, 5.74) is 2.04. The largest absolute Gasteiger partial charge is 0.493 e. The predicted molar refractivity (Wildman–Crippen MR) is 87.7 cm³/mol. The van der Waals surface area contributed by atoms with E-state index in [9.17, 15) is 5.26 Å². The van der Waals surface area contributed by atoms with Gasteiger partial charge in [-0.15, -0.1) is 0 Å². The second kappa shape index (κ2) is 8.05. The summed E-state index contributed by atoms with van der Waals surface area (Å²) in [5.74, 6) is 1.47. The first kappa shape index (κ1) is 17.5. The zero-order valence-corrected chi connectivity index (χ0v) is 14.0. The molecule has 3 nitrogen and oxygen atoms in total. The fourth-order valence-electron chi connectivity index (χ4n) is 2.36. The van der Waals surface area contributed by atoms with E-state index in [1.165, 1.54) is 5.56 Å². The molecular weight excluding hydrogens is 260 g/mol. The van der Waals surface area contributed by atoms with Crippen molar-refractivity contribution in [3.05, 3.63) is 29.3 Å². The van der Waals surface area contributed by atoms with Crippen molar-refractivity contribution in [2.75, 3.05) is 13.7 Å². The number of benzene rings is 1. The van der Waals surface area contributed by atoms with Crippen LogP contribution in [-0.2, 0) is 0 Å². The van der Waals surface area contributed by atoms with Gasteiger partial charge in [-0.3, -0.25) is 0 Å². The standard InChI is InChI=1S/C18H28N2O/c1-6-18(13-19,20-5)10-7-11-21-17-12-16(14(2)3)9-8-15(17)4/h8-9,12,14,20H,6-7,10-11H2,1-5H3. The molecule has 0 aliphatic carbocycles. The first-order valence-electron chi connectivity index (χ1n) is 7.81. The van der Waals surface area contributed by atoms with Crippen molar-refractivity contribution in [1.29, 1.82) is 5.26 Å². The molecule has 1 N–H and O–H groups in total. The van der Waals surface area contributed by atoms with Crippen molar-refractivity contribution < 1.29 is 4.74 Å². The molecule has 0 aliphatic rings. The van der Waals surface area contributed by atoms with E-state index in [-0.39, 0.29) is 0 Å². The Balaban J connectivity index is 2.57. The molecule has 0 aliphatic heterocycles. The third kappa shape index (κ3) is 4.75. The molecule has 0 radical (unpaired) electrons. The van der Waals surface area contributed by atoms with Crippen LogP contribution in [0.5, 0.6) is 5.75 Å². The Labute approximate surface area is 129 Å². The van der Waals surface area contributed by atoms with Crippen LogP contribution in [0.15, 0.2) is 18.2 Å². The zero-order chi connectivity index (χ0) is 15.9. The van der Waals surface area contributed by atoms with Crippen molar-refractivity contribution in [1.82, 2.24) is 5.32 Å². The minimum Gasteiger partial charge on any atom is -0.493 e. The fourth-order valence-corrected chi connectivity index (χ4v) is 2.36. The molecule has 1 rings (SSSR count). The molecule has 1 unspecified atom stereocenters. The molecule has 116 valence electrons. The van der Waals surface area contributed by atoms with Crippen LogP contribution >= 0.6 is 0 Å². The number of hydrogen-bond donors (Lipinski definition) is 1. The number of aryl methyl sites for hydroxylation is 1. The van der Waals surface area contributed by atoms with Gasteiger partial charge in [-0.05, 0) is 56.3 Å². The topological polar surface area (TPSA) is 45.0 Å². The maximum absolute atomic E-state index is 9.28. The monoisotopic (exact) mass is 288 g/mol. The van der Waals surface area contributed by atoms with Crippen molar-refractivity contribution in [2.45, 2.75) is 58.4 Å². The smallest absolute Gasteiger partial charge is 0.122 e. The predicted octanol–water partition coefficient (Wildman–Crippen LogP) is 4.17. The Hall–Kier alpha value is -1.53. The summed E-state index contributed by atoms with van der Waals surface area (Å²) in [6, 6.07) is 8.79. The molecule has 0 spiro atoms. The molecule has 0 heterocycles. The van der Waals surface area contributed by atoms with Gasteiger partial charge < -0.3 is 10.1 Å². The van der Waals surface area contributed by atoms with Gasteiger partial charge in [0.05, 0.1) is 12.7 Å². The quantitative estimate of drug-likeness (QED) is 0.730. The highest BCUT2D eigenvalue weighted by Crippen LogP contribution is 2.25. The van der Waals surface area contributed by atoms with Crippen LogP contribution in [-0.4, -0.2) is 19.2 Å². The van der Waals surface area contributed by atoms with Crippen LogP contribution in [0.3, 0.4) is 0 Å². The summed E-state index contributed by atoms with van der Waals surface area (Å²) < 4.78 is 5.92. The Morgan fingerprint density at radius 3 is 2.62 bits per heavy atom. The second-order valence-corrected chi connectivity index (χ2v) is 5.93. The van der Waals surface area contributed by atoms with Gasteiger partial charge in [0.15, 0.2) is 0 Å². The van der Waals surface area contributed by atoms with Gasteiger partial charge in [0.25, 0.3) is 0 Å². The van der Waals surface area contributed by atoms with E-state index in [0.29, 0.717) is 12.5 Å². The molecule has 0 aromatic heterocycles. The third-order valence-electron chi connectivity index (χ3n) is 4.18.